The molecule has 0 aliphatic carbocycles. The van der Waals surface area contributed by atoms with Crippen LogP contribution >= 0.6 is 0 Å². The third-order valence-corrected chi connectivity index (χ3v) is 2.28. The van der Waals surface area contributed by atoms with E-state index in [1.807, 2.05) is 0 Å². The van der Waals surface area contributed by atoms with Gasteiger partial charge in [0, 0.05) is 12.5 Å². The molecule has 0 heterocycles. The van der Waals surface area contributed by atoms with E-state index in [0.29, 0.717) is 17.1 Å². The third kappa shape index (κ3) is 4.68. The van der Waals surface area contributed by atoms with E-state index in [9.17, 15) is 9.59 Å². The summed E-state index contributed by atoms with van der Waals surface area (Å²) in [6.07, 6.45) is 0.668. The van der Waals surface area contributed by atoms with Gasteiger partial charge < -0.3 is 18.9 Å². The molecule has 21 heavy (non-hydrogen) atoms. The van der Waals surface area contributed by atoms with Crippen LogP contribution in [0.2, 0.25) is 0 Å². The maximum atomic E-state index is 11.1. The summed E-state index contributed by atoms with van der Waals surface area (Å²) in [6, 6.07) is 3.15. The number of carbonyl (C=O) groups excluding carboxylic acids is 2. The number of hydrogen-bond donors (Lipinski definition) is 1. The van der Waals surface area contributed by atoms with Crippen molar-refractivity contribution in [3.8, 4) is 17.2 Å². The molecule has 0 saturated carbocycles. The van der Waals surface area contributed by atoms with Gasteiger partial charge in [-0.15, -0.1) is 0 Å². The molecule has 1 rings (SSSR count). The molecule has 114 valence electrons. The molecule has 0 bridgehead atoms. The standard InChI is InChI=1S/C13H16N2O6/c1-8(16)21-12-10(18-2)5-9(6-11(12)19-3)7-14-15-13(17)20-4/h5-7H,1-4H3,(H,15,17)/b14-7+. The number of amides is 1. The van der Waals surface area contributed by atoms with Gasteiger partial charge in [0.2, 0.25) is 5.75 Å². The molecule has 0 aliphatic heterocycles. The predicted octanol–water partition coefficient (Wildman–Crippen LogP) is 1.32. The minimum atomic E-state index is -0.693. The lowest BCUT2D eigenvalue weighted by atomic mass is 10.2. The first-order valence-electron chi connectivity index (χ1n) is 5.83. The van der Waals surface area contributed by atoms with Crippen molar-refractivity contribution in [2.75, 3.05) is 21.3 Å². The first kappa shape index (κ1) is 16.3. The topological polar surface area (TPSA) is 95.5 Å². The van der Waals surface area contributed by atoms with Crippen molar-refractivity contribution in [1.29, 1.82) is 0 Å². The van der Waals surface area contributed by atoms with Crippen molar-refractivity contribution >= 4 is 18.3 Å². The zero-order valence-electron chi connectivity index (χ0n) is 12.1. The van der Waals surface area contributed by atoms with E-state index in [1.165, 1.54) is 34.5 Å². The van der Waals surface area contributed by atoms with Crippen LogP contribution in [0.1, 0.15) is 12.5 Å². The Balaban J connectivity index is 3.08. The molecule has 1 amide bonds. The zero-order chi connectivity index (χ0) is 15.8. The van der Waals surface area contributed by atoms with Crippen LogP contribution in [0.5, 0.6) is 17.2 Å². The Kier molecular flexibility index (Phi) is 5.99. The van der Waals surface area contributed by atoms with Crippen molar-refractivity contribution < 1.29 is 28.5 Å². The van der Waals surface area contributed by atoms with Gasteiger partial charge in [-0.05, 0) is 12.1 Å². The fraction of sp³-hybridized carbons (Fsp3) is 0.308. The summed E-state index contributed by atoms with van der Waals surface area (Å²) in [5.74, 6) is 0.263. The van der Waals surface area contributed by atoms with Gasteiger partial charge in [0.25, 0.3) is 0 Å². The van der Waals surface area contributed by atoms with Gasteiger partial charge in [0.05, 0.1) is 27.5 Å². The van der Waals surface area contributed by atoms with Crippen molar-refractivity contribution in [3.63, 3.8) is 0 Å². The van der Waals surface area contributed by atoms with E-state index in [1.54, 1.807) is 12.1 Å². The van der Waals surface area contributed by atoms with E-state index in [4.69, 9.17) is 14.2 Å². The summed E-state index contributed by atoms with van der Waals surface area (Å²) in [6.45, 7) is 1.27. The van der Waals surface area contributed by atoms with Crippen LogP contribution in [-0.4, -0.2) is 39.6 Å². The van der Waals surface area contributed by atoms with Crippen LogP contribution in [0.15, 0.2) is 17.2 Å². The molecule has 8 nitrogen and oxygen atoms in total. The first-order valence-corrected chi connectivity index (χ1v) is 5.83. The second kappa shape index (κ2) is 7.73. The van der Waals surface area contributed by atoms with Crippen molar-refractivity contribution in [1.82, 2.24) is 5.43 Å². The molecule has 0 saturated heterocycles. The lowest BCUT2D eigenvalue weighted by molar-refractivity contribution is -0.132. The van der Waals surface area contributed by atoms with Gasteiger partial charge in [-0.25, -0.2) is 10.2 Å². The van der Waals surface area contributed by atoms with Gasteiger partial charge in [0.1, 0.15) is 0 Å². The summed E-state index contributed by atoms with van der Waals surface area (Å²) in [5, 5.41) is 3.69. The number of esters is 1. The molecule has 0 radical (unpaired) electrons. The molecule has 1 aromatic carbocycles. The van der Waals surface area contributed by atoms with Crippen molar-refractivity contribution in [2.45, 2.75) is 6.92 Å². The van der Waals surface area contributed by atoms with Gasteiger partial charge >= 0.3 is 12.1 Å². The maximum Gasteiger partial charge on any atom is 0.427 e. The second-order valence-electron chi connectivity index (χ2n) is 3.71. The number of nitrogens with zero attached hydrogens (tertiary/aromatic N) is 1. The highest BCUT2D eigenvalue weighted by Gasteiger charge is 2.15. The maximum absolute atomic E-state index is 11.1. The van der Waals surface area contributed by atoms with E-state index in [0.717, 1.165) is 0 Å². The number of hydrazone groups is 1. The Morgan fingerprint density at radius 2 is 1.71 bits per heavy atom. The van der Waals surface area contributed by atoms with Crippen LogP contribution < -0.4 is 19.6 Å². The SMILES string of the molecule is COC(=O)N/N=C/c1cc(OC)c(OC(C)=O)c(OC)c1. The molecule has 0 fully saturated rings. The molecule has 1 N–H and O–H groups in total. The monoisotopic (exact) mass is 296 g/mol. The summed E-state index contributed by atoms with van der Waals surface area (Å²) in [5.41, 5.74) is 2.71. The largest absolute Gasteiger partial charge is 0.493 e. The highest BCUT2D eigenvalue weighted by molar-refractivity contribution is 5.84. The molecule has 0 unspecified atom stereocenters. The molecular formula is C13H16N2O6. The van der Waals surface area contributed by atoms with E-state index >= 15 is 0 Å². The minimum absolute atomic E-state index is 0.172. The number of ether oxygens (including phenoxy) is 4. The first-order chi connectivity index (χ1) is 10.0. The normalized spacial score (nSPS) is 10.1. The van der Waals surface area contributed by atoms with Crippen LogP contribution in [0.3, 0.4) is 0 Å². The van der Waals surface area contributed by atoms with Gasteiger partial charge in [-0.1, -0.05) is 0 Å². The summed E-state index contributed by atoms with van der Waals surface area (Å²) in [7, 11) is 4.08. The molecule has 0 aliphatic rings. The number of methoxy groups -OCH3 is 3. The number of nitrogens with one attached hydrogen (secondary N) is 1. The summed E-state index contributed by atoms with van der Waals surface area (Å²) < 4.78 is 19.7. The average molecular weight is 296 g/mol. The summed E-state index contributed by atoms with van der Waals surface area (Å²) >= 11 is 0. The Hall–Kier alpha value is -2.77. The van der Waals surface area contributed by atoms with Crippen LogP contribution in [-0.2, 0) is 9.53 Å². The van der Waals surface area contributed by atoms with Crippen LogP contribution in [0.25, 0.3) is 0 Å². The van der Waals surface area contributed by atoms with Crippen LogP contribution in [0.4, 0.5) is 4.79 Å². The number of carbonyl (C=O) groups is 2. The molecule has 8 heteroatoms. The highest BCUT2D eigenvalue weighted by atomic mass is 16.6. The lowest BCUT2D eigenvalue weighted by Crippen LogP contribution is -2.16. The predicted molar refractivity (Wildman–Crippen MR) is 74.0 cm³/mol. The van der Waals surface area contributed by atoms with Crippen molar-refractivity contribution in [3.05, 3.63) is 17.7 Å². The molecule has 0 aromatic heterocycles. The highest BCUT2D eigenvalue weighted by Crippen LogP contribution is 2.38. The smallest absolute Gasteiger partial charge is 0.427 e. The number of rotatable bonds is 5. The van der Waals surface area contributed by atoms with E-state index in [-0.39, 0.29) is 5.75 Å². The zero-order valence-corrected chi connectivity index (χ0v) is 12.1. The number of benzene rings is 1. The molecular weight excluding hydrogens is 280 g/mol. The Bertz CT molecular complexity index is 531. The van der Waals surface area contributed by atoms with Gasteiger partial charge in [-0.3, -0.25) is 4.79 Å². The molecule has 0 atom stereocenters. The second-order valence-corrected chi connectivity index (χ2v) is 3.71. The Morgan fingerprint density at radius 1 is 1.14 bits per heavy atom. The fourth-order valence-corrected chi connectivity index (χ4v) is 1.42. The third-order valence-electron chi connectivity index (χ3n) is 2.28. The quantitative estimate of drug-likeness (QED) is 0.381. The fourth-order valence-electron chi connectivity index (χ4n) is 1.42. The van der Waals surface area contributed by atoms with Crippen molar-refractivity contribution in [2.24, 2.45) is 5.10 Å². The van der Waals surface area contributed by atoms with E-state index in [2.05, 4.69) is 15.3 Å². The summed E-state index contributed by atoms with van der Waals surface area (Å²) in [4.78, 5) is 22.0. The van der Waals surface area contributed by atoms with Gasteiger partial charge in [0.15, 0.2) is 11.5 Å². The Morgan fingerprint density at radius 3 is 2.14 bits per heavy atom. The van der Waals surface area contributed by atoms with Gasteiger partial charge in [-0.2, -0.15) is 5.10 Å². The average Bonchev–Trinajstić information content (AvgIpc) is 2.47. The van der Waals surface area contributed by atoms with E-state index < -0.39 is 12.1 Å². The lowest BCUT2D eigenvalue weighted by Gasteiger charge is -2.13. The minimum Gasteiger partial charge on any atom is -0.493 e. The van der Waals surface area contributed by atoms with Crippen LogP contribution in [0, 0.1) is 0 Å². The molecule has 0 spiro atoms. The molecule has 1 aromatic rings. The Labute approximate surface area is 121 Å². The number of hydrogen-bond acceptors (Lipinski definition) is 7.